The van der Waals surface area contributed by atoms with Crippen molar-refractivity contribution in [3.05, 3.63) is 29.8 Å². The summed E-state index contributed by atoms with van der Waals surface area (Å²) in [5, 5.41) is 21.2. The molecule has 0 radical (unpaired) electrons. The van der Waals surface area contributed by atoms with Crippen LogP contribution in [0.4, 0.5) is 0 Å². The Hall–Kier alpha value is -1.56. The number of sulfonamides is 1. The summed E-state index contributed by atoms with van der Waals surface area (Å²) in [7, 11) is -3.78. The van der Waals surface area contributed by atoms with E-state index in [0.29, 0.717) is 12.8 Å². The fourth-order valence-corrected chi connectivity index (χ4v) is 2.25. The molecule has 0 spiro atoms. The number of ether oxygens (including phenoxy) is 1. The third kappa shape index (κ3) is 8.02. The minimum absolute atomic E-state index is 0.0689. The Kier molecular flexibility index (Phi) is 8.09. The van der Waals surface area contributed by atoms with E-state index in [4.69, 9.17) is 20.3 Å². The second-order valence-corrected chi connectivity index (χ2v) is 6.27. The van der Waals surface area contributed by atoms with Gasteiger partial charge in [0.05, 0.1) is 29.1 Å². The zero-order chi connectivity index (χ0) is 17.3. The monoisotopic (exact) mass is 348 g/mol. The lowest BCUT2D eigenvalue weighted by molar-refractivity contribution is -0.492. The molecule has 0 aliphatic rings. The van der Waals surface area contributed by atoms with E-state index in [1.54, 1.807) is 0 Å². The molecule has 1 aromatic carbocycles. The molecule has 0 heterocycles. The Bertz CT molecular complexity index is 587. The van der Waals surface area contributed by atoms with E-state index >= 15 is 0 Å². The number of hydrogen-bond acceptors (Lipinski definition) is 8. The maximum absolute atomic E-state index is 11.7. The van der Waals surface area contributed by atoms with Gasteiger partial charge in [0.25, 0.3) is 0 Å². The summed E-state index contributed by atoms with van der Waals surface area (Å²) in [5.74, 6) is -0.537. The molecule has 0 atom stereocenters. The first-order valence-corrected chi connectivity index (χ1v) is 8.46. The standard InChI is InChI=1S/C13H20N2O7S/c14-23(19,20)12-7-5-11(6-8-12)13(16)21-9-3-1-2-4-10-22-15(17)18/h5-8,17-18H,1-4,9-10H2,(H2,14,19,20). The summed E-state index contributed by atoms with van der Waals surface area (Å²) in [6.45, 7) is 0.423. The molecular weight excluding hydrogens is 328 g/mol. The average molecular weight is 348 g/mol. The summed E-state index contributed by atoms with van der Waals surface area (Å²) in [4.78, 5) is 16.0. The van der Waals surface area contributed by atoms with Gasteiger partial charge in [-0.2, -0.15) is 0 Å². The molecule has 130 valence electrons. The zero-order valence-corrected chi connectivity index (χ0v) is 13.2. The lowest BCUT2D eigenvalue weighted by Crippen LogP contribution is -2.14. The van der Waals surface area contributed by atoms with Gasteiger partial charge in [0, 0.05) is 0 Å². The second-order valence-electron chi connectivity index (χ2n) is 4.71. The molecule has 0 aliphatic carbocycles. The van der Waals surface area contributed by atoms with E-state index in [1.165, 1.54) is 24.3 Å². The molecule has 1 rings (SSSR count). The topological polar surface area (TPSA) is 139 Å². The number of unbranched alkanes of at least 4 members (excludes halogenated alkanes) is 3. The number of primary sulfonamides is 1. The van der Waals surface area contributed by atoms with Crippen LogP contribution < -0.4 is 5.14 Å². The van der Waals surface area contributed by atoms with Gasteiger partial charge in [0.1, 0.15) is 0 Å². The summed E-state index contributed by atoms with van der Waals surface area (Å²) in [6.07, 6.45) is 2.87. The van der Waals surface area contributed by atoms with Gasteiger partial charge < -0.3 is 4.74 Å². The number of carbonyl (C=O) groups excluding carboxylic acids is 1. The van der Waals surface area contributed by atoms with Crippen LogP contribution in [0.5, 0.6) is 0 Å². The van der Waals surface area contributed by atoms with Crippen LogP contribution in [0.25, 0.3) is 0 Å². The summed E-state index contributed by atoms with van der Waals surface area (Å²) in [6, 6.07) is 5.18. The lowest BCUT2D eigenvalue weighted by atomic mass is 10.2. The molecule has 4 N–H and O–H groups in total. The van der Waals surface area contributed by atoms with Gasteiger partial charge >= 0.3 is 5.97 Å². The molecule has 0 aliphatic heterocycles. The summed E-state index contributed by atoms with van der Waals surface area (Å²) < 4.78 is 27.2. The molecule has 0 saturated heterocycles. The lowest BCUT2D eigenvalue weighted by Gasteiger charge is -2.07. The Morgan fingerprint density at radius 3 is 2.13 bits per heavy atom. The first kappa shape index (κ1) is 19.5. The molecule has 9 nitrogen and oxygen atoms in total. The minimum Gasteiger partial charge on any atom is -0.462 e. The van der Waals surface area contributed by atoms with Crippen molar-refractivity contribution in [3.8, 4) is 0 Å². The molecule has 0 fully saturated rings. The number of esters is 1. The Balaban J connectivity index is 2.22. The van der Waals surface area contributed by atoms with Crippen LogP contribution in [0.15, 0.2) is 29.2 Å². The van der Waals surface area contributed by atoms with Gasteiger partial charge in [-0.1, -0.05) is 6.42 Å². The highest BCUT2D eigenvalue weighted by molar-refractivity contribution is 7.89. The predicted octanol–water partition coefficient (Wildman–Crippen LogP) is 1.06. The van der Waals surface area contributed by atoms with Crippen LogP contribution in [0, 0.1) is 0 Å². The van der Waals surface area contributed by atoms with E-state index in [9.17, 15) is 13.2 Å². The van der Waals surface area contributed by atoms with Crippen LogP contribution in [-0.2, 0) is 19.6 Å². The van der Waals surface area contributed by atoms with Crippen molar-refractivity contribution in [1.82, 2.24) is 5.39 Å². The van der Waals surface area contributed by atoms with Crippen molar-refractivity contribution in [1.29, 1.82) is 0 Å². The SMILES string of the molecule is NS(=O)(=O)c1ccc(C(=O)OCCCCCCON(O)O)cc1. The maximum atomic E-state index is 11.7. The van der Waals surface area contributed by atoms with Crippen LogP contribution >= 0.6 is 0 Å². The summed E-state index contributed by atoms with van der Waals surface area (Å²) in [5.41, 5.74) is 0.247. The minimum atomic E-state index is -3.78. The number of nitrogens with two attached hydrogens (primary N) is 1. The quantitative estimate of drug-likeness (QED) is 0.324. The van der Waals surface area contributed by atoms with Crippen molar-refractivity contribution in [2.75, 3.05) is 13.2 Å². The summed E-state index contributed by atoms with van der Waals surface area (Å²) >= 11 is 0. The molecule has 0 saturated carbocycles. The van der Waals surface area contributed by atoms with Crippen molar-refractivity contribution < 1.29 is 33.2 Å². The third-order valence-corrected chi connectivity index (χ3v) is 3.83. The zero-order valence-electron chi connectivity index (χ0n) is 12.4. The number of nitrogens with zero attached hydrogens (tertiary/aromatic N) is 1. The van der Waals surface area contributed by atoms with Gasteiger partial charge in [-0.25, -0.2) is 18.4 Å². The third-order valence-electron chi connectivity index (χ3n) is 2.90. The number of carbonyl (C=O) groups is 1. The van der Waals surface area contributed by atoms with E-state index in [1.807, 2.05) is 0 Å². The molecule has 0 aromatic heterocycles. The normalized spacial score (nSPS) is 11.7. The van der Waals surface area contributed by atoms with E-state index < -0.39 is 16.0 Å². The predicted molar refractivity (Wildman–Crippen MR) is 77.9 cm³/mol. The molecular formula is C13H20N2O7S. The number of rotatable bonds is 10. The van der Waals surface area contributed by atoms with Crippen LogP contribution in [0.2, 0.25) is 0 Å². The maximum Gasteiger partial charge on any atom is 0.338 e. The van der Waals surface area contributed by atoms with Crippen molar-refractivity contribution in [2.24, 2.45) is 5.14 Å². The molecule has 0 unspecified atom stereocenters. The van der Waals surface area contributed by atoms with Gasteiger partial charge in [-0.3, -0.25) is 15.3 Å². The highest BCUT2D eigenvalue weighted by Gasteiger charge is 2.11. The van der Waals surface area contributed by atoms with Crippen LogP contribution in [0.1, 0.15) is 36.0 Å². The number of benzene rings is 1. The van der Waals surface area contributed by atoms with Gasteiger partial charge in [0.15, 0.2) is 0 Å². The average Bonchev–Trinajstić information content (AvgIpc) is 2.48. The van der Waals surface area contributed by atoms with Crippen molar-refractivity contribution in [3.63, 3.8) is 0 Å². The second kappa shape index (κ2) is 9.55. The van der Waals surface area contributed by atoms with E-state index in [-0.39, 0.29) is 29.1 Å². The highest BCUT2D eigenvalue weighted by atomic mass is 32.2. The number of hydrogen-bond donors (Lipinski definition) is 3. The van der Waals surface area contributed by atoms with Gasteiger partial charge in [-0.05, 0) is 43.5 Å². The Labute approximate surface area is 134 Å². The molecule has 10 heteroatoms. The molecule has 1 aromatic rings. The molecule has 23 heavy (non-hydrogen) atoms. The first-order chi connectivity index (χ1) is 10.8. The fraction of sp³-hybridized carbons (Fsp3) is 0.462. The van der Waals surface area contributed by atoms with Gasteiger partial charge in [-0.15, -0.1) is 0 Å². The fourth-order valence-electron chi connectivity index (χ4n) is 1.73. The Morgan fingerprint density at radius 1 is 1.04 bits per heavy atom. The van der Waals surface area contributed by atoms with E-state index in [0.717, 1.165) is 12.8 Å². The van der Waals surface area contributed by atoms with Crippen LogP contribution in [0.3, 0.4) is 0 Å². The Morgan fingerprint density at radius 2 is 1.61 bits per heavy atom. The van der Waals surface area contributed by atoms with Crippen molar-refractivity contribution >= 4 is 16.0 Å². The van der Waals surface area contributed by atoms with Crippen LogP contribution in [-0.4, -0.2) is 43.4 Å². The van der Waals surface area contributed by atoms with E-state index in [2.05, 4.69) is 4.84 Å². The first-order valence-electron chi connectivity index (χ1n) is 6.91. The molecule has 0 amide bonds. The van der Waals surface area contributed by atoms with Gasteiger partial charge in [0.2, 0.25) is 10.0 Å². The smallest absolute Gasteiger partial charge is 0.338 e. The molecule has 0 bridgehead atoms. The largest absolute Gasteiger partial charge is 0.462 e. The highest BCUT2D eigenvalue weighted by Crippen LogP contribution is 2.10. The van der Waals surface area contributed by atoms with Crippen molar-refractivity contribution in [2.45, 2.75) is 30.6 Å².